The third-order valence-electron chi connectivity index (χ3n) is 18.0. The summed E-state index contributed by atoms with van der Waals surface area (Å²) >= 11 is 0. The highest BCUT2D eigenvalue weighted by Gasteiger charge is 2.66. The fourth-order valence-corrected chi connectivity index (χ4v) is 19.6. The maximum Gasteiger partial charge on any atom is 0.278 e. The zero-order valence-corrected chi connectivity index (χ0v) is 47.4. The zero-order valence-electron chi connectivity index (χ0n) is 45.7. The number of hydrogen-bond donors (Lipinski definition) is 0. The lowest BCUT2D eigenvalue weighted by Gasteiger charge is -2.41. The summed E-state index contributed by atoms with van der Waals surface area (Å²) in [4.78, 5) is 16.0. The minimum absolute atomic E-state index is 0.00334. The highest BCUT2D eigenvalue weighted by Crippen LogP contribution is 2.72. The zero-order chi connectivity index (χ0) is 55.6. The van der Waals surface area contributed by atoms with Crippen LogP contribution in [0.2, 0.25) is 0 Å². The van der Waals surface area contributed by atoms with Crippen molar-refractivity contribution >= 4 is 90.8 Å². The number of ketones is 1. The first-order chi connectivity index (χ1) is 40.0. The average molecular weight is 1110 g/mol. The number of fused-ring (bicyclic) bond motifs is 11. The molecule has 2 unspecified atom stereocenters. The maximum absolute atomic E-state index is 15.5. The number of benzene rings is 12. The Labute approximate surface area is 479 Å². The number of hydrogen-bond acceptors (Lipinski definition) is 7. The van der Waals surface area contributed by atoms with Gasteiger partial charge in [-0.15, -0.1) is 0 Å². The number of rotatable bonds is 16. The Hall–Kier alpha value is -8.47. The van der Waals surface area contributed by atoms with Crippen molar-refractivity contribution in [1.29, 1.82) is 0 Å². The van der Waals surface area contributed by atoms with Gasteiger partial charge in [-0.3, -0.25) is 4.79 Å². The van der Waals surface area contributed by atoms with E-state index in [9.17, 15) is 4.79 Å². The smallest absolute Gasteiger partial charge is 0.278 e. The van der Waals surface area contributed by atoms with Crippen molar-refractivity contribution in [2.45, 2.75) is 67.6 Å². The largest absolute Gasteiger partial charge is 0.489 e. The Morgan fingerprint density at radius 3 is 1.05 bits per heavy atom. The lowest BCUT2D eigenvalue weighted by atomic mass is 9.70. The van der Waals surface area contributed by atoms with E-state index < -0.39 is 37.0 Å². The molecule has 406 valence electrons. The van der Waals surface area contributed by atoms with Crippen LogP contribution in [-0.2, 0) is 38.4 Å². The Morgan fingerprint density at radius 1 is 0.415 bits per heavy atom. The van der Waals surface area contributed by atoms with E-state index in [0.717, 1.165) is 71.6 Å². The highest BCUT2D eigenvalue weighted by molar-refractivity contribution is 8.33. The van der Waals surface area contributed by atoms with Gasteiger partial charge in [0.15, 0.2) is 0 Å². The van der Waals surface area contributed by atoms with Gasteiger partial charge in [0.05, 0.1) is 11.2 Å². The Kier molecular flexibility index (Phi) is 12.9. The summed E-state index contributed by atoms with van der Waals surface area (Å²) in [6.07, 6.45) is 1.68. The molecule has 0 heterocycles. The third-order valence-corrected chi connectivity index (χ3v) is 23.3. The van der Waals surface area contributed by atoms with Crippen LogP contribution in [0.1, 0.15) is 49.8 Å². The SMILES string of the molecule is CC1(C)C2CCC1(CS(=O)(=O)OS(c1ccc(OCc3cc4ccccc4c4ccccc34)cc1)(c1ccc(OCc3cc4ccccc4c4ccccc34)cc1)c1ccc(OCc3cc4ccccc4c4ccccc34)cc1)C(=O)C2. The first-order valence-electron chi connectivity index (χ1n) is 28.1. The Bertz CT molecular complexity index is 4180. The summed E-state index contributed by atoms with van der Waals surface area (Å²) in [7, 11) is -7.66. The van der Waals surface area contributed by atoms with Gasteiger partial charge in [0.2, 0.25) is 0 Å². The molecule has 0 aromatic heterocycles. The molecule has 0 radical (unpaired) electrons. The molecular weight excluding hydrogens is 1050 g/mol. The summed E-state index contributed by atoms with van der Waals surface area (Å²) in [5, 5.41) is 13.8. The van der Waals surface area contributed by atoms with E-state index in [2.05, 4.69) is 178 Å². The second-order valence-corrected chi connectivity index (χ2v) is 27.2. The van der Waals surface area contributed by atoms with Crippen LogP contribution in [0.4, 0.5) is 0 Å². The van der Waals surface area contributed by atoms with Crippen molar-refractivity contribution in [3.8, 4) is 17.2 Å². The van der Waals surface area contributed by atoms with Crippen LogP contribution in [0, 0.1) is 16.7 Å². The van der Waals surface area contributed by atoms with E-state index >= 15 is 8.42 Å². The summed E-state index contributed by atoms with van der Waals surface area (Å²) in [6, 6.07) is 79.9. The van der Waals surface area contributed by atoms with Crippen LogP contribution in [0.25, 0.3) is 64.6 Å². The van der Waals surface area contributed by atoms with Gasteiger partial charge in [-0.2, -0.15) is 8.42 Å². The molecule has 9 heteroatoms. The molecule has 7 nitrogen and oxygen atoms in total. The molecule has 12 aromatic carbocycles. The van der Waals surface area contributed by atoms with Crippen LogP contribution >= 0.6 is 10.3 Å². The van der Waals surface area contributed by atoms with Crippen LogP contribution in [0.5, 0.6) is 17.2 Å². The van der Waals surface area contributed by atoms with Gasteiger partial charge in [0.1, 0.15) is 42.9 Å². The molecule has 14 rings (SSSR count). The normalized spacial score (nSPS) is 17.1. The fraction of sp³-hybridized carbons (Fsp3) is 0.164. The van der Waals surface area contributed by atoms with Crippen LogP contribution in [0.15, 0.2) is 251 Å². The Balaban J connectivity index is 0.856. The predicted molar refractivity (Wildman–Crippen MR) is 333 cm³/mol. The molecule has 0 saturated heterocycles. The molecule has 2 saturated carbocycles. The van der Waals surface area contributed by atoms with Gasteiger partial charge in [0.25, 0.3) is 10.1 Å². The van der Waals surface area contributed by atoms with Gasteiger partial charge in [0, 0.05) is 21.1 Å². The maximum atomic E-state index is 15.5. The summed E-state index contributed by atoms with van der Waals surface area (Å²) in [5.41, 5.74) is 1.58. The van der Waals surface area contributed by atoms with E-state index in [1.807, 2.05) is 72.8 Å². The molecule has 2 atom stereocenters. The van der Waals surface area contributed by atoms with Crippen molar-refractivity contribution in [2.75, 3.05) is 5.75 Å². The molecule has 2 fully saturated rings. The van der Waals surface area contributed by atoms with E-state index in [1.54, 1.807) is 0 Å². The van der Waals surface area contributed by atoms with Crippen molar-refractivity contribution in [3.05, 3.63) is 253 Å². The highest BCUT2D eigenvalue weighted by atomic mass is 32.3. The van der Waals surface area contributed by atoms with Crippen LogP contribution in [0.3, 0.4) is 0 Å². The topological polar surface area (TPSA) is 88.1 Å². The summed E-state index contributed by atoms with van der Waals surface area (Å²) in [5.74, 6) is 1.54. The van der Waals surface area contributed by atoms with Crippen molar-refractivity contribution < 1.29 is 31.1 Å². The molecule has 0 aliphatic heterocycles. The van der Waals surface area contributed by atoms with Crippen molar-refractivity contribution in [3.63, 3.8) is 0 Å². The second-order valence-electron chi connectivity index (χ2n) is 22.7. The standard InChI is InChI=1S/C73H60O7S2/c1-72(2)55-39-40-73(72,71(74)44-55)48-81(75,76)80-82(59-33-27-56(28-34-59)77-45-52-41-49-15-3-6-18-62(49)68-24-12-9-21-65(52)68,60-35-29-57(30-36-60)78-46-53-42-50-16-4-7-19-63(50)69-25-13-10-22-66(53)69)61-37-31-58(32-38-61)79-47-54-43-51-17-5-8-20-64(51)70-26-14-11-23-67(54)70/h3-38,41-43,55H,39-40,44-48H2,1-2H3. The average Bonchev–Trinajstić information content (AvgIpc) is 4.11. The molecule has 0 N–H and O–H groups in total. The number of ether oxygens (including phenoxy) is 3. The van der Waals surface area contributed by atoms with Gasteiger partial charge in [-0.1, -0.05) is 159 Å². The molecule has 82 heavy (non-hydrogen) atoms. The molecule has 0 amide bonds. The second kappa shape index (κ2) is 20.5. The number of carbonyl (C=O) groups is 1. The van der Waals surface area contributed by atoms with Gasteiger partial charge < -0.3 is 14.2 Å². The van der Waals surface area contributed by atoms with Crippen molar-refractivity contribution in [2.24, 2.45) is 16.7 Å². The predicted octanol–water partition coefficient (Wildman–Crippen LogP) is 18.3. The lowest BCUT2D eigenvalue weighted by Crippen LogP contribution is -2.42. The lowest BCUT2D eigenvalue weighted by molar-refractivity contribution is -0.128. The van der Waals surface area contributed by atoms with Gasteiger partial charge in [-0.25, -0.2) is 3.63 Å². The number of carbonyl (C=O) groups excluding carboxylic acids is 1. The van der Waals surface area contributed by atoms with Gasteiger partial charge >= 0.3 is 0 Å². The van der Waals surface area contributed by atoms with E-state index in [4.69, 9.17) is 17.8 Å². The molecule has 2 aliphatic carbocycles. The number of Topliss-reactive ketones (excluding diaryl/α,β-unsaturated/α-hetero) is 1. The van der Waals surface area contributed by atoms with Crippen LogP contribution in [-0.4, -0.2) is 20.0 Å². The molecule has 12 aromatic rings. The van der Waals surface area contributed by atoms with Crippen LogP contribution < -0.4 is 14.2 Å². The Morgan fingerprint density at radius 2 is 0.732 bits per heavy atom. The first-order valence-corrected chi connectivity index (χ1v) is 31.3. The van der Waals surface area contributed by atoms with E-state index in [-0.39, 0.29) is 11.7 Å². The molecule has 2 bridgehead atoms. The van der Waals surface area contributed by atoms with Gasteiger partial charge in [-0.05, 0) is 207 Å². The third kappa shape index (κ3) is 8.94. The minimum atomic E-state index is -4.48. The van der Waals surface area contributed by atoms with E-state index in [1.165, 1.54) is 16.2 Å². The minimum Gasteiger partial charge on any atom is -0.489 e. The summed E-state index contributed by atoms with van der Waals surface area (Å²) < 4.78 is 57.9. The quantitative estimate of drug-likeness (QED) is 0.0891. The van der Waals surface area contributed by atoms with Crippen molar-refractivity contribution in [1.82, 2.24) is 0 Å². The molecule has 2 aliphatic rings. The summed E-state index contributed by atoms with van der Waals surface area (Å²) in [6.45, 7) is 5.06. The monoisotopic (exact) mass is 1110 g/mol. The first kappa shape index (κ1) is 51.7. The van der Waals surface area contributed by atoms with E-state index in [0.29, 0.717) is 64.6 Å². The fourth-order valence-electron chi connectivity index (χ4n) is 13.5. The molecular formula is C73H60O7S2. The molecule has 0 spiro atoms.